The lowest BCUT2D eigenvalue weighted by Crippen LogP contribution is -2.58. The number of hydrogen-bond acceptors (Lipinski definition) is 8. The Morgan fingerprint density at radius 2 is 1.21 bits per heavy atom. The number of phenolic OH excluding ortho intramolecular Hbond substituents is 1. The molecular formula is C26H32N4O9. The fourth-order valence-corrected chi connectivity index (χ4v) is 3.57. The van der Waals surface area contributed by atoms with E-state index in [9.17, 15) is 39.3 Å². The number of carboxylic acids is 2. The Labute approximate surface area is 224 Å². The van der Waals surface area contributed by atoms with E-state index in [1.54, 1.807) is 30.3 Å². The minimum Gasteiger partial charge on any atom is -0.508 e. The number of nitrogens with two attached hydrogens (primary N) is 1. The maximum Gasteiger partial charge on any atom is 0.326 e. The number of amides is 3. The number of carbonyl (C=O) groups excluding carboxylic acids is 3. The molecule has 13 nitrogen and oxygen atoms in total. The molecule has 4 unspecified atom stereocenters. The first-order chi connectivity index (χ1) is 18.5. The molecule has 0 aliphatic rings. The van der Waals surface area contributed by atoms with E-state index < -0.39 is 66.9 Å². The van der Waals surface area contributed by atoms with Crippen molar-refractivity contribution in [2.75, 3.05) is 6.61 Å². The van der Waals surface area contributed by atoms with Gasteiger partial charge in [0.05, 0.1) is 6.61 Å². The normalized spacial score (nSPS) is 13.8. The first-order valence-electron chi connectivity index (χ1n) is 12.0. The third-order valence-corrected chi connectivity index (χ3v) is 5.72. The van der Waals surface area contributed by atoms with Crippen LogP contribution in [0.25, 0.3) is 0 Å². The number of carboxylic acid groups (broad SMARTS) is 2. The predicted molar refractivity (Wildman–Crippen MR) is 137 cm³/mol. The highest BCUT2D eigenvalue weighted by molar-refractivity contribution is 5.94. The Morgan fingerprint density at radius 3 is 1.69 bits per heavy atom. The SMILES string of the molecule is NC(CO)C(=O)NC(Cc1ccc(O)cc1)C(=O)NC(Cc1ccccc1)C(=O)NC(CCC(=O)O)C(=O)O. The largest absolute Gasteiger partial charge is 0.508 e. The molecule has 4 atom stereocenters. The van der Waals surface area contributed by atoms with Crippen LogP contribution >= 0.6 is 0 Å². The summed E-state index contributed by atoms with van der Waals surface area (Å²) in [6, 6.07) is 9.02. The van der Waals surface area contributed by atoms with E-state index in [1.165, 1.54) is 24.3 Å². The van der Waals surface area contributed by atoms with Gasteiger partial charge in [0, 0.05) is 19.3 Å². The van der Waals surface area contributed by atoms with Crippen LogP contribution in [0.3, 0.4) is 0 Å². The third kappa shape index (κ3) is 10.4. The van der Waals surface area contributed by atoms with Crippen molar-refractivity contribution >= 4 is 29.7 Å². The highest BCUT2D eigenvalue weighted by Gasteiger charge is 2.31. The van der Waals surface area contributed by atoms with Crippen LogP contribution in [0.15, 0.2) is 54.6 Å². The zero-order valence-electron chi connectivity index (χ0n) is 20.9. The van der Waals surface area contributed by atoms with Crippen LogP contribution in [-0.4, -0.2) is 80.9 Å². The Bertz CT molecular complexity index is 1140. The number of aliphatic hydroxyl groups excluding tert-OH is 1. The van der Waals surface area contributed by atoms with Gasteiger partial charge < -0.3 is 42.1 Å². The fourth-order valence-electron chi connectivity index (χ4n) is 3.57. The summed E-state index contributed by atoms with van der Waals surface area (Å²) in [7, 11) is 0. The van der Waals surface area contributed by atoms with E-state index in [2.05, 4.69) is 16.0 Å². The number of carbonyl (C=O) groups is 5. The minimum absolute atomic E-state index is 0.0124. The molecule has 0 fully saturated rings. The molecule has 3 amide bonds. The molecule has 0 spiro atoms. The van der Waals surface area contributed by atoms with Gasteiger partial charge >= 0.3 is 11.9 Å². The van der Waals surface area contributed by atoms with E-state index in [0.717, 1.165) is 0 Å². The second-order valence-electron chi connectivity index (χ2n) is 8.80. The minimum atomic E-state index is -1.51. The Balaban J connectivity index is 2.30. The summed E-state index contributed by atoms with van der Waals surface area (Å²) in [4.78, 5) is 61.4. The van der Waals surface area contributed by atoms with Gasteiger partial charge in [0.25, 0.3) is 0 Å². The maximum absolute atomic E-state index is 13.3. The standard InChI is InChI=1S/C26H32N4O9/c27-18(14-31)23(35)29-20(13-16-6-8-17(32)9-7-16)25(37)30-21(12-15-4-2-1-3-5-15)24(36)28-19(26(38)39)10-11-22(33)34/h1-9,18-21,31-32H,10-14,27H2,(H,28,36)(H,29,35)(H,30,37)(H,33,34)(H,38,39). The summed E-state index contributed by atoms with van der Waals surface area (Å²) in [6.45, 7) is -0.675. The van der Waals surface area contributed by atoms with Gasteiger partial charge in [0.1, 0.15) is 29.9 Å². The molecule has 0 aromatic heterocycles. The Kier molecular flexibility index (Phi) is 11.9. The van der Waals surface area contributed by atoms with Crippen molar-refractivity contribution in [3.05, 3.63) is 65.7 Å². The number of benzene rings is 2. The zero-order chi connectivity index (χ0) is 28.9. The van der Waals surface area contributed by atoms with Crippen LogP contribution in [0.5, 0.6) is 5.75 Å². The van der Waals surface area contributed by atoms with Gasteiger partial charge in [0.2, 0.25) is 17.7 Å². The number of aliphatic carboxylic acids is 2. The van der Waals surface area contributed by atoms with Gasteiger partial charge in [0.15, 0.2) is 0 Å². The molecule has 0 radical (unpaired) electrons. The molecule has 0 saturated heterocycles. The number of rotatable bonds is 15. The fraction of sp³-hybridized carbons (Fsp3) is 0.346. The second-order valence-corrected chi connectivity index (χ2v) is 8.80. The van der Waals surface area contributed by atoms with E-state index in [0.29, 0.717) is 11.1 Å². The Hall–Kier alpha value is -4.49. The number of nitrogens with one attached hydrogen (secondary N) is 3. The van der Waals surface area contributed by atoms with Crippen LogP contribution in [0.4, 0.5) is 0 Å². The van der Waals surface area contributed by atoms with Crippen LogP contribution in [-0.2, 0) is 36.8 Å². The van der Waals surface area contributed by atoms with Crippen molar-refractivity contribution in [2.45, 2.75) is 49.9 Å². The first kappa shape index (κ1) is 30.7. The van der Waals surface area contributed by atoms with Crippen molar-refractivity contribution in [2.24, 2.45) is 5.73 Å². The van der Waals surface area contributed by atoms with E-state index in [4.69, 9.17) is 10.8 Å². The Morgan fingerprint density at radius 1 is 0.718 bits per heavy atom. The van der Waals surface area contributed by atoms with E-state index in [1.807, 2.05) is 0 Å². The molecule has 0 saturated carbocycles. The molecule has 210 valence electrons. The highest BCUT2D eigenvalue weighted by Crippen LogP contribution is 2.12. The molecule has 0 aliphatic heterocycles. The molecule has 0 heterocycles. The molecule has 39 heavy (non-hydrogen) atoms. The molecule has 0 bridgehead atoms. The molecular weight excluding hydrogens is 512 g/mol. The van der Waals surface area contributed by atoms with Crippen molar-refractivity contribution in [1.82, 2.24) is 16.0 Å². The summed E-state index contributed by atoms with van der Waals surface area (Å²) in [5, 5.41) is 44.3. The molecule has 0 aliphatic carbocycles. The van der Waals surface area contributed by atoms with Gasteiger partial charge in [-0.15, -0.1) is 0 Å². The summed E-state index contributed by atoms with van der Waals surface area (Å²) in [5.74, 6) is -5.17. The highest BCUT2D eigenvalue weighted by atomic mass is 16.4. The molecule has 2 aromatic rings. The van der Waals surface area contributed by atoms with Crippen LogP contribution in [0.1, 0.15) is 24.0 Å². The van der Waals surface area contributed by atoms with Gasteiger partial charge in [-0.2, -0.15) is 0 Å². The van der Waals surface area contributed by atoms with Crippen molar-refractivity contribution in [3.8, 4) is 5.75 Å². The third-order valence-electron chi connectivity index (χ3n) is 5.72. The van der Waals surface area contributed by atoms with Gasteiger partial charge in [-0.1, -0.05) is 42.5 Å². The van der Waals surface area contributed by atoms with Gasteiger partial charge in [-0.25, -0.2) is 4.79 Å². The summed E-state index contributed by atoms with van der Waals surface area (Å²) < 4.78 is 0. The van der Waals surface area contributed by atoms with E-state index >= 15 is 0 Å². The maximum atomic E-state index is 13.3. The average molecular weight is 545 g/mol. The van der Waals surface area contributed by atoms with Crippen LogP contribution in [0.2, 0.25) is 0 Å². The molecule has 2 rings (SSSR count). The van der Waals surface area contributed by atoms with Crippen molar-refractivity contribution in [3.63, 3.8) is 0 Å². The topological polar surface area (TPSA) is 228 Å². The quantitative estimate of drug-likeness (QED) is 0.135. The number of phenols is 1. The first-order valence-corrected chi connectivity index (χ1v) is 12.0. The van der Waals surface area contributed by atoms with E-state index in [-0.39, 0.29) is 25.0 Å². The van der Waals surface area contributed by atoms with Gasteiger partial charge in [-0.05, 0) is 29.7 Å². The monoisotopic (exact) mass is 544 g/mol. The molecule has 9 N–H and O–H groups in total. The lowest BCUT2D eigenvalue weighted by molar-refractivity contribution is -0.143. The number of hydrogen-bond donors (Lipinski definition) is 8. The smallest absolute Gasteiger partial charge is 0.326 e. The number of aliphatic hydroxyl groups is 1. The molecule has 13 heteroatoms. The molecule has 2 aromatic carbocycles. The lowest BCUT2D eigenvalue weighted by atomic mass is 10.0. The summed E-state index contributed by atoms with van der Waals surface area (Å²) >= 11 is 0. The van der Waals surface area contributed by atoms with Crippen molar-refractivity contribution in [1.29, 1.82) is 0 Å². The zero-order valence-corrected chi connectivity index (χ0v) is 20.9. The second kappa shape index (κ2) is 15.1. The van der Waals surface area contributed by atoms with Crippen molar-refractivity contribution < 1.29 is 44.4 Å². The van der Waals surface area contributed by atoms with Gasteiger partial charge in [-0.3, -0.25) is 19.2 Å². The summed E-state index contributed by atoms with van der Waals surface area (Å²) in [6.07, 6.45) is -0.981. The lowest BCUT2D eigenvalue weighted by Gasteiger charge is -2.25. The van der Waals surface area contributed by atoms with Crippen LogP contribution in [0, 0.1) is 0 Å². The van der Waals surface area contributed by atoms with Crippen LogP contribution < -0.4 is 21.7 Å². The summed E-state index contributed by atoms with van der Waals surface area (Å²) in [5.41, 5.74) is 6.76. The number of aromatic hydroxyl groups is 1. The predicted octanol–water partition coefficient (Wildman–Crippen LogP) is -1.10. The average Bonchev–Trinajstić information content (AvgIpc) is 2.90.